The molecule has 0 radical (unpaired) electrons. The van der Waals surface area contributed by atoms with Gasteiger partial charge in [-0.2, -0.15) is 5.10 Å². The number of hydrogen-bond donors (Lipinski definition) is 1. The van der Waals surface area contributed by atoms with Gasteiger partial charge in [-0.05, 0) is 29.9 Å². The molecule has 2 fully saturated rings. The van der Waals surface area contributed by atoms with Crippen molar-refractivity contribution in [2.24, 2.45) is 17.8 Å². The Kier molecular flexibility index (Phi) is 5.14. The zero-order chi connectivity index (χ0) is 19.1. The first-order valence-electron chi connectivity index (χ1n) is 9.68. The Hall–Kier alpha value is -1.63. The van der Waals surface area contributed by atoms with Crippen LogP contribution in [0.3, 0.4) is 0 Å². The molecule has 0 unspecified atom stereocenters. The maximum atomic E-state index is 6.17. The lowest BCUT2D eigenvalue weighted by Crippen LogP contribution is -2.28. The lowest BCUT2D eigenvalue weighted by atomic mass is 10.1. The predicted octanol–water partition coefficient (Wildman–Crippen LogP) is 3.13. The van der Waals surface area contributed by atoms with Gasteiger partial charge in [0.2, 0.25) is 0 Å². The summed E-state index contributed by atoms with van der Waals surface area (Å²) < 4.78 is 7.42. The van der Waals surface area contributed by atoms with Gasteiger partial charge in [0.05, 0.1) is 17.3 Å². The fraction of sp³-hybridized carbons (Fsp3) is 0.600. The minimum absolute atomic E-state index is 0.357. The molecular formula is C20H28ClN5O. The highest BCUT2D eigenvalue weighted by Crippen LogP contribution is 2.58. The molecule has 2 aliphatic rings. The number of fused-ring (bicyclic) bond motifs is 1. The van der Waals surface area contributed by atoms with Crippen LogP contribution in [0.25, 0.3) is 11.3 Å². The van der Waals surface area contributed by atoms with Gasteiger partial charge < -0.3 is 15.4 Å². The molecule has 3 heterocycles. The lowest BCUT2D eigenvalue weighted by molar-refractivity contribution is 0.153. The van der Waals surface area contributed by atoms with Crippen molar-refractivity contribution in [3.63, 3.8) is 0 Å². The number of ether oxygens (including phenoxy) is 1. The second kappa shape index (κ2) is 7.41. The molecule has 6 nitrogen and oxygen atoms in total. The maximum absolute atomic E-state index is 6.17. The van der Waals surface area contributed by atoms with Crippen molar-refractivity contribution in [3.05, 3.63) is 29.0 Å². The normalized spacial score (nSPS) is 24.6. The number of methoxy groups -OCH3 is 1. The van der Waals surface area contributed by atoms with Crippen LogP contribution in [0.15, 0.2) is 18.3 Å². The number of halogens is 1. The summed E-state index contributed by atoms with van der Waals surface area (Å²) in [6.07, 6.45) is 1.76. The molecule has 146 valence electrons. The van der Waals surface area contributed by atoms with Crippen LogP contribution < -0.4 is 5.73 Å². The van der Waals surface area contributed by atoms with Crippen LogP contribution in [-0.4, -0.2) is 53.0 Å². The molecule has 2 aromatic rings. The van der Waals surface area contributed by atoms with Gasteiger partial charge in [0.1, 0.15) is 5.82 Å². The Labute approximate surface area is 165 Å². The number of aromatic nitrogens is 3. The second-order valence-electron chi connectivity index (χ2n) is 8.23. The van der Waals surface area contributed by atoms with Gasteiger partial charge in [0.25, 0.3) is 0 Å². The molecular weight excluding hydrogens is 362 g/mol. The summed E-state index contributed by atoms with van der Waals surface area (Å²) in [4.78, 5) is 6.71. The molecule has 0 bridgehead atoms. The summed E-state index contributed by atoms with van der Waals surface area (Å²) in [5.41, 5.74) is 8.96. The SMILES string of the molecule is COCCN1C[C@@H]2[C@H](C1)[C@H]2c1cc(-c2cnc(N)c(Cl)c2)nn1CC(C)C. The maximum Gasteiger partial charge on any atom is 0.142 e. The van der Waals surface area contributed by atoms with Crippen LogP contribution in [0.1, 0.15) is 25.5 Å². The van der Waals surface area contributed by atoms with Gasteiger partial charge in [-0.25, -0.2) is 4.98 Å². The van der Waals surface area contributed by atoms with E-state index in [9.17, 15) is 0 Å². The third-order valence-corrected chi connectivity index (χ3v) is 6.04. The van der Waals surface area contributed by atoms with Gasteiger partial charge in [-0.15, -0.1) is 0 Å². The Balaban J connectivity index is 1.56. The topological polar surface area (TPSA) is 69.2 Å². The molecule has 1 aliphatic heterocycles. The molecule has 7 heteroatoms. The van der Waals surface area contributed by atoms with Gasteiger partial charge in [-0.1, -0.05) is 25.4 Å². The number of piperidine rings is 1. The summed E-state index contributed by atoms with van der Waals surface area (Å²) in [6, 6.07) is 4.09. The van der Waals surface area contributed by atoms with Crippen molar-refractivity contribution in [3.8, 4) is 11.3 Å². The van der Waals surface area contributed by atoms with E-state index in [1.807, 2.05) is 6.07 Å². The fourth-order valence-corrected chi connectivity index (χ4v) is 4.54. The molecule has 2 N–H and O–H groups in total. The molecule has 0 amide bonds. The van der Waals surface area contributed by atoms with Crippen LogP contribution >= 0.6 is 11.6 Å². The zero-order valence-corrected chi connectivity index (χ0v) is 17.0. The van der Waals surface area contributed by atoms with E-state index in [4.69, 9.17) is 27.2 Å². The summed E-state index contributed by atoms with van der Waals surface area (Å²) >= 11 is 6.17. The third kappa shape index (κ3) is 3.71. The average molecular weight is 390 g/mol. The number of pyridine rings is 1. The van der Waals surface area contributed by atoms with E-state index in [0.717, 1.165) is 55.9 Å². The van der Waals surface area contributed by atoms with E-state index >= 15 is 0 Å². The minimum atomic E-state index is 0.357. The van der Waals surface area contributed by atoms with Crippen molar-refractivity contribution in [1.29, 1.82) is 0 Å². The average Bonchev–Trinajstić information content (AvgIpc) is 2.97. The number of hydrogen-bond acceptors (Lipinski definition) is 5. The predicted molar refractivity (Wildman–Crippen MR) is 108 cm³/mol. The van der Waals surface area contributed by atoms with Crippen molar-refractivity contribution >= 4 is 17.4 Å². The Morgan fingerprint density at radius 3 is 2.67 bits per heavy atom. The van der Waals surface area contributed by atoms with E-state index in [1.54, 1.807) is 13.3 Å². The van der Waals surface area contributed by atoms with Gasteiger partial charge in [0.15, 0.2) is 0 Å². The number of rotatable bonds is 7. The Morgan fingerprint density at radius 1 is 1.30 bits per heavy atom. The standard InChI is InChI=1S/C20H28ClN5O/c1-12(2)9-26-18(19-14-10-25(4-5-27-3)11-15(14)19)7-17(24-26)13-6-16(21)20(22)23-8-13/h6-8,12,14-15,19H,4-5,9-11H2,1-3H3,(H2,22,23)/t14-,15+,19+. The summed E-state index contributed by atoms with van der Waals surface area (Å²) in [5, 5.41) is 5.37. The van der Waals surface area contributed by atoms with E-state index in [1.165, 1.54) is 5.69 Å². The molecule has 3 atom stereocenters. The third-order valence-electron chi connectivity index (χ3n) is 5.74. The number of anilines is 1. The van der Waals surface area contributed by atoms with Crippen LogP contribution in [0.5, 0.6) is 0 Å². The Morgan fingerprint density at radius 2 is 2.04 bits per heavy atom. The minimum Gasteiger partial charge on any atom is -0.383 e. The highest BCUT2D eigenvalue weighted by atomic mass is 35.5. The van der Waals surface area contributed by atoms with Crippen molar-refractivity contribution < 1.29 is 4.74 Å². The number of nitrogen functional groups attached to an aromatic ring is 1. The van der Waals surface area contributed by atoms with Crippen LogP contribution in [0.4, 0.5) is 5.82 Å². The van der Waals surface area contributed by atoms with Crippen molar-refractivity contribution in [2.45, 2.75) is 26.3 Å². The molecule has 2 aromatic heterocycles. The quantitative estimate of drug-likeness (QED) is 0.787. The molecule has 4 rings (SSSR count). The van der Waals surface area contributed by atoms with E-state index in [-0.39, 0.29) is 0 Å². The largest absolute Gasteiger partial charge is 0.383 e. The number of nitrogens with zero attached hydrogens (tertiary/aromatic N) is 4. The summed E-state index contributed by atoms with van der Waals surface area (Å²) in [7, 11) is 1.77. The molecule has 0 spiro atoms. The van der Waals surface area contributed by atoms with E-state index in [0.29, 0.717) is 22.7 Å². The van der Waals surface area contributed by atoms with Crippen LogP contribution in [0, 0.1) is 17.8 Å². The number of likely N-dealkylation sites (tertiary alicyclic amines) is 1. The van der Waals surface area contributed by atoms with Gasteiger partial charge >= 0.3 is 0 Å². The number of nitrogens with two attached hydrogens (primary N) is 1. The molecule has 27 heavy (non-hydrogen) atoms. The van der Waals surface area contributed by atoms with E-state index in [2.05, 4.69) is 34.5 Å². The zero-order valence-electron chi connectivity index (χ0n) is 16.2. The molecule has 1 aliphatic carbocycles. The smallest absolute Gasteiger partial charge is 0.142 e. The highest BCUT2D eigenvalue weighted by molar-refractivity contribution is 6.33. The molecule has 1 saturated carbocycles. The van der Waals surface area contributed by atoms with E-state index < -0.39 is 0 Å². The first kappa shape index (κ1) is 18.7. The monoisotopic (exact) mass is 389 g/mol. The van der Waals surface area contributed by atoms with Gasteiger partial charge in [-0.3, -0.25) is 4.68 Å². The highest BCUT2D eigenvalue weighted by Gasteiger charge is 2.57. The lowest BCUT2D eigenvalue weighted by Gasteiger charge is -2.19. The summed E-state index contributed by atoms with van der Waals surface area (Å²) in [5.74, 6) is 2.99. The summed E-state index contributed by atoms with van der Waals surface area (Å²) in [6.45, 7) is 9.55. The fourth-order valence-electron chi connectivity index (χ4n) is 4.38. The Bertz CT molecular complexity index is 809. The van der Waals surface area contributed by atoms with Crippen LogP contribution in [-0.2, 0) is 11.3 Å². The van der Waals surface area contributed by atoms with Crippen molar-refractivity contribution in [2.75, 3.05) is 39.1 Å². The first-order chi connectivity index (χ1) is 13.0. The van der Waals surface area contributed by atoms with Crippen molar-refractivity contribution in [1.82, 2.24) is 19.7 Å². The molecule has 1 saturated heterocycles. The second-order valence-corrected chi connectivity index (χ2v) is 8.63. The first-order valence-corrected chi connectivity index (χ1v) is 10.1. The van der Waals surface area contributed by atoms with Gasteiger partial charge in [0, 0.05) is 56.7 Å². The van der Waals surface area contributed by atoms with Crippen LogP contribution in [0.2, 0.25) is 5.02 Å². The molecule has 0 aromatic carbocycles.